The first-order valence-corrected chi connectivity index (χ1v) is 11.4. The van der Waals surface area contributed by atoms with Gasteiger partial charge in [0.1, 0.15) is 12.6 Å². The van der Waals surface area contributed by atoms with Gasteiger partial charge in [0, 0.05) is 34.6 Å². The summed E-state index contributed by atoms with van der Waals surface area (Å²) in [5.74, 6) is -0.236. The average Bonchev–Trinajstić information content (AvgIpc) is 3.58. The maximum atomic E-state index is 12.9. The van der Waals surface area contributed by atoms with Crippen LogP contribution in [0.4, 0.5) is 9.93 Å². The second-order valence-corrected chi connectivity index (χ2v) is 8.52. The predicted octanol–water partition coefficient (Wildman–Crippen LogP) is 5.03. The third-order valence-corrected chi connectivity index (χ3v) is 6.36. The first-order valence-electron chi connectivity index (χ1n) is 10.5. The zero-order valence-corrected chi connectivity index (χ0v) is 18.1. The number of carbonyl (C=O) groups is 2. The van der Waals surface area contributed by atoms with Gasteiger partial charge < -0.3 is 15.0 Å². The molecule has 1 aliphatic rings. The Bertz CT molecular complexity index is 1250. The number of aromatic nitrogens is 2. The summed E-state index contributed by atoms with van der Waals surface area (Å²) in [5.41, 5.74) is 3.76. The number of aromatic amines is 1. The number of likely N-dealkylation sites (tertiary alicyclic amines) is 1. The van der Waals surface area contributed by atoms with Crippen LogP contribution in [0.25, 0.3) is 22.2 Å². The fourth-order valence-electron chi connectivity index (χ4n) is 4.01. The summed E-state index contributed by atoms with van der Waals surface area (Å²) in [4.78, 5) is 34.8. The van der Waals surface area contributed by atoms with E-state index in [4.69, 9.17) is 4.74 Å². The minimum absolute atomic E-state index is 0.186. The minimum Gasteiger partial charge on any atom is -0.445 e. The second-order valence-electron chi connectivity index (χ2n) is 7.66. The van der Waals surface area contributed by atoms with Gasteiger partial charge in [0.15, 0.2) is 5.13 Å². The number of nitrogens with one attached hydrogen (secondary N) is 2. The molecule has 2 aromatic heterocycles. The Kier molecular flexibility index (Phi) is 5.60. The van der Waals surface area contributed by atoms with Gasteiger partial charge in [0.25, 0.3) is 0 Å². The fourth-order valence-corrected chi connectivity index (χ4v) is 4.73. The number of rotatable bonds is 5. The molecule has 0 bridgehead atoms. The zero-order chi connectivity index (χ0) is 21.9. The molecule has 8 heteroatoms. The van der Waals surface area contributed by atoms with Crippen molar-refractivity contribution >= 4 is 39.4 Å². The zero-order valence-electron chi connectivity index (χ0n) is 17.3. The van der Waals surface area contributed by atoms with Crippen LogP contribution in [0.3, 0.4) is 0 Å². The van der Waals surface area contributed by atoms with E-state index in [2.05, 4.69) is 15.3 Å². The molecule has 3 heterocycles. The quantitative estimate of drug-likeness (QED) is 0.450. The molecule has 0 aliphatic carbocycles. The fraction of sp³-hybridized carbons (Fsp3) is 0.208. The molecule has 2 N–H and O–H groups in total. The molecule has 4 aromatic rings. The topological polar surface area (TPSA) is 87.3 Å². The van der Waals surface area contributed by atoms with Crippen molar-refractivity contribution in [2.24, 2.45) is 0 Å². The molecule has 32 heavy (non-hydrogen) atoms. The van der Waals surface area contributed by atoms with Crippen LogP contribution < -0.4 is 5.32 Å². The minimum atomic E-state index is -0.557. The number of H-pyrrole nitrogens is 1. The maximum Gasteiger partial charge on any atom is 0.410 e. The van der Waals surface area contributed by atoms with E-state index in [0.29, 0.717) is 18.1 Å². The Morgan fingerprint density at radius 3 is 2.91 bits per heavy atom. The predicted molar refractivity (Wildman–Crippen MR) is 124 cm³/mol. The van der Waals surface area contributed by atoms with E-state index >= 15 is 0 Å². The summed E-state index contributed by atoms with van der Waals surface area (Å²) in [7, 11) is 0. The third kappa shape index (κ3) is 4.09. The molecule has 1 unspecified atom stereocenters. The van der Waals surface area contributed by atoms with Crippen molar-refractivity contribution in [2.75, 3.05) is 11.9 Å². The molecule has 0 saturated carbocycles. The van der Waals surface area contributed by atoms with Crippen molar-refractivity contribution in [3.8, 4) is 11.3 Å². The Balaban J connectivity index is 1.24. The molecular weight excluding hydrogens is 424 g/mol. The van der Waals surface area contributed by atoms with Gasteiger partial charge in [-0.05, 0) is 30.5 Å². The van der Waals surface area contributed by atoms with Crippen LogP contribution in [-0.4, -0.2) is 39.5 Å². The highest BCUT2D eigenvalue weighted by atomic mass is 32.1. The van der Waals surface area contributed by atoms with E-state index in [1.165, 1.54) is 16.2 Å². The normalized spacial score (nSPS) is 15.8. The van der Waals surface area contributed by atoms with Crippen molar-refractivity contribution in [2.45, 2.75) is 25.5 Å². The smallest absolute Gasteiger partial charge is 0.410 e. The van der Waals surface area contributed by atoms with Crippen LogP contribution in [0, 0.1) is 0 Å². The summed E-state index contributed by atoms with van der Waals surface area (Å²) in [6.45, 7) is 0.690. The van der Waals surface area contributed by atoms with E-state index in [-0.39, 0.29) is 12.5 Å². The number of amides is 2. The van der Waals surface area contributed by atoms with Crippen LogP contribution in [0.1, 0.15) is 18.4 Å². The summed E-state index contributed by atoms with van der Waals surface area (Å²) < 4.78 is 5.43. The van der Waals surface area contributed by atoms with Gasteiger partial charge in [-0.15, -0.1) is 11.3 Å². The molecule has 1 fully saturated rings. The first kappa shape index (κ1) is 20.3. The first-order chi connectivity index (χ1) is 15.7. The average molecular weight is 447 g/mol. The van der Waals surface area contributed by atoms with E-state index in [0.717, 1.165) is 34.1 Å². The molecule has 5 rings (SSSR count). The van der Waals surface area contributed by atoms with Gasteiger partial charge in [-0.2, -0.15) is 0 Å². The van der Waals surface area contributed by atoms with Gasteiger partial charge >= 0.3 is 6.09 Å². The van der Waals surface area contributed by atoms with E-state index < -0.39 is 12.1 Å². The van der Waals surface area contributed by atoms with Gasteiger partial charge in [0.05, 0.1) is 5.69 Å². The molecule has 1 aliphatic heterocycles. The van der Waals surface area contributed by atoms with Crippen molar-refractivity contribution in [3.05, 3.63) is 71.7 Å². The van der Waals surface area contributed by atoms with E-state index in [9.17, 15) is 9.59 Å². The highest BCUT2D eigenvalue weighted by Crippen LogP contribution is 2.31. The van der Waals surface area contributed by atoms with Crippen molar-refractivity contribution in [1.82, 2.24) is 14.9 Å². The Labute approximate surface area is 189 Å². The number of carbonyl (C=O) groups excluding carboxylic acids is 2. The summed E-state index contributed by atoms with van der Waals surface area (Å²) >= 11 is 1.37. The van der Waals surface area contributed by atoms with Crippen LogP contribution in [0.5, 0.6) is 0 Å². The van der Waals surface area contributed by atoms with E-state index in [1.807, 2.05) is 66.2 Å². The van der Waals surface area contributed by atoms with Gasteiger partial charge in [0.2, 0.25) is 5.91 Å². The summed E-state index contributed by atoms with van der Waals surface area (Å²) in [6, 6.07) is 17.0. The number of hydrogen-bond donors (Lipinski definition) is 2. The van der Waals surface area contributed by atoms with Gasteiger partial charge in [-0.25, -0.2) is 9.78 Å². The van der Waals surface area contributed by atoms with Crippen LogP contribution in [-0.2, 0) is 16.1 Å². The monoisotopic (exact) mass is 446 g/mol. The number of anilines is 1. The molecule has 7 nitrogen and oxygen atoms in total. The Morgan fingerprint density at radius 2 is 2.03 bits per heavy atom. The lowest BCUT2D eigenvalue weighted by atomic mass is 10.1. The number of ether oxygens (including phenoxy) is 1. The molecule has 1 atom stereocenters. The maximum absolute atomic E-state index is 12.9. The molecule has 2 aromatic carbocycles. The Hall–Kier alpha value is -3.65. The molecule has 2 amide bonds. The van der Waals surface area contributed by atoms with E-state index in [1.54, 1.807) is 0 Å². The largest absolute Gasteiger partial charge is 0.445 e. The molecule has 0 spiro atoms. The highest BCUT2D eigenvalue weighted by Gasteiger charge is 2.35. The lowest BCUT2D eigenvalue weighted by Gasteiger charge is -2.22. The number of nitrogens with zero attached hydrogens (tertiary/aromatic N) is 2. The SMILES string of the molecule is O=C(Nc1nc(-c2cccc3[nH]ccc23)cs1)C1CCCN1C(=O)OCc1ccccc1. The number of benzene rings is 2. The number of thiazole rings is 1. The molecular formula is C24H22N4O3S. The third-order valence-electron chi connectivity index (χ3n) is 5.60. The van der Waals surface area contributed by atoms with Gasteiger partial charge in [-0.1, -0.05) is 42.5 Å². The summed E-state index contributed by atoms with van der Waals surface area (Å²) in [6.07, 6.45) is 2.80. The van der Waals surface area contributed by atoms with Crippen molar-refractivity contribution in [1.29, 1.82) is 0 Å². The Morgan fingerprint density at radius 1 is 1.16 bits per heavy atom. The van der Waals surface area contributed by atoms with Crippen molar-refractivity contribution < 1.29 is 14.3 Å². The van der Waals surface area contributed by atoms with Crippen LogP contribution >= 0.6 is 11.3 Å². The molecule has 162 valence electrons. The van der Waals surface area contributed by atoms with Crippen molar-refractivity contribution in [3.63, 3.8) is 0 Å². The standard InChI is InChI=1S/C24H22N4O3S/c29-22(21-10-5-13-28(21)24(30)31-14-16-6-2-1-3-7-16)27-23-26-20(15-32-23)17-8-4-9-19-18(17)11-12-25-19/h1-4,6-9,11-12,15,21,25H,5,10,13-14H2,(H,26,27,29). The number of hydrogen-bond acceptors (Lipinski definition) is 5. The molecule has 1 saturated heterocycles. The summed E-state index contributed by atoms with van der Waals surface area (Å²) in [5, 5.41) is 6.41. The molecule has 0 radical (unpaired) electrons. The van der Waals surface area contributed by atoms with Gasteiger partial charge in [-0.3, -0.25) is 9.69 Å². The van der Waals surface area contributed by atoms with Crippen LogP contribution in [0.2, 0.25) is 0 Å². The lowest BCUT2D eigenvalue weighted by molar-refractivity contribution is -0.120. The lowest BCUT2D eigenvalue weighted by Crippen LogP contribution is -2.43. The number of fused-ring (bicyclic) bond motifs is 1. The second kappa shape index (κ2) is 8.84. The van der Waals surface area contributed by atoms with Crippen LogP contribution in [0.15, 0.2) is 66.2 Å². The highest BCUT2D eigenvalue weighted by molar-refractivity contribution is 7.14.